The molecular weight excluding hydrogens is 258 g/mol. The highest BCUT2D eigenvalue weighted by Crippen LogP contribution is 2.37. The van der Waals surface area contributed by atoms with E-state index in [0.717, 1.165) is 0 Å². The van der Waals surface area contributed by atoms with Gasteiger partial charge in [-0.2, -0.15) is 17.6 Å². The van der Waals surface area contributed by atoms with Crippen LogP contribution in [0.2, 0.25) is 0 Å². The summed E-state index contributed by atoms with van der Waals surface area (Å²) in [5, 5.41) is 10.2. The summed E-state index contributed by atoms with van der Waals surface area (Å²) >= 11 is 0. The lowest BCUT2D eigenvalue weighted by molar-refractivity contribution is -0.388. The second-order valence-electron chi connectivity index (χ2n) is 2.79. The smallest absolute Gasteiger partial charge is 0.258 e. The van der Waals surface area contributed by atoms with Gasteiger partial charge in [0.05, 0.1) is 10.5 Å². The lowest BCUT2D eigenvalue weighted by Gasteiger charge is -2.10. The first-order valence-corrected chi connectivity index (χ1v) is 3.84. The van der Waals surface area contributed by atoms with Crippen molar-refractivity contribution in [1.29, 1.82) is 0 Å². The highest BCUT2D eigenvalue weighted by Gasteiger charge is 2.40. The number of hydrogen-bond acceptors (Lipinski definition) is 3. The Kier molecular flexibility index (Phi) is 3.25. The number of alkyl halides is 5. The average molecular weight is 260 g/mol. The summed E-state index contributed by atoms with van der Waals surface area (Å²) in [7, 11) is 0. The molecule has 0 aliphatic rings. The fraction of sp³-hybridized carbons (Fsp3) is 0.286. The lowest BCUT2D eigenvalue weighted by Crippen LogP contribution is -2.14. The summed E-state index contributed by atoms with van der Waals surface area (Å²) in [5.41, 5.74) is -5.44. The molecule has 0 radical (unpaired) electrons. The molecule has 0 amide bonds. The number of hydrogen-bond donors (Lipinski definition) is 0. The van der Waals surface area contributed by atoms with Gasteiger partial charge in [-0.05, 0) is 0 Å². The molecule has 0 aromatic carbocycles. The number of halogens is 6. The van der Waals surface area contributed by atoms with Crippen molar-refractivity contribution in [3.05, 3.63) is 33.4 Å². The van der Waals surface area contributed by atoms with Crippen molar-refractivity contribution < 1.29 is 31.3 Å². The van der Waals surface area contributed by atoms with Crippen LogP contribution in [0.5, 0.6) is 0 Å². The summed E-state index contributed by atoms with van der Waals surface area (Å²) in [6.07, 6.45) is -8.97. The fourth-order valence-corrected chi connectivity index (χ4v) is 1.02. The van der Waals surface area contributed by atoms with E-state index in [0.29, 0.717) is 0 Å². The van der Waals surface area contributed by atoms with Gasteiger partial charge < -0.3 is 0 Å². The maximum Gasteiger partial charge on any atom is 0.433 e. The van der Waals surface area contributed by atoms with Gasteiger partial charge in [-0.3, -0.25) is 10.1 Å². The molecule has 0 saturated heterocycles. The first-order chi connectivity index (χ1) is 7.64. The predicted molar refractivity (Wildman–Crippen MR) is 40.8 cm³/mol. The van der Waals surface area contributed by atoms with Gasteiger partial charge in [-0.1, -0.05) is 0 Å². The maximum atomic E-state index is 12.8. The normalized spacial score (nSPS) is 11.9. The van der Waals surface area contributed by atoms with Gasteiger partial charge in [-0.25, -0.2) is 13.8 Å². The summed E-state index contributed by atoms with van der Waals surface area (Å²) in [4.78, 5) is 10.9. The van der Waals surface area contributed by atoms with Gasteiger partial charge in [0.25, 0.3) is 12.4 Å². The minimum absolute atomic E-state index is 0.171. The molecular formula is C7H2F6N2O2. The minimum atomic E-state index is -5.32. The third-order valence-electron chi connectivity index (χ3n) is 1.69. The van der Waals surface area contributed by atoms with Crippen molar-refractivity contribution in [2.75, 3.05) is 0 Å². The number of pyridine rings is 1. The largest absolute Gasteiger partial charge is 0.433 e. The van der Waals surface area contributed by atoms with Crippen molar-refractivity contribution in [3.63, 3.8) is 0 Å². The van der Waals surface area contributed by atoms with Crippen LogP contribution in [-0.2, 0) is 6.18 Å². The van der Waals surface area contributed by atoms with Crippen LogP contribution in [-0.4, -0.2) is 9.91 Å². The summed E-state index contributed by atoms with van der Waals surface area (Å²) in [5.74, 6) is -2.06. The maximum absolute atomic E-state index is 12.8. The standard InChI is InChI=1S/C7H2F6N2O2/c8-5(9)2-1-3(15(16)17)6(10)14-4(2)7(11,12)13/h1,5H. The molecule has 0 fully saturated rings. The Labute approximate surface area is 89.0 Å². The van der Waals surface area contributed by atoms with E-state index in [1.807, 2.05) is 0 Å². The molecule has 1 aromatic heterocycles. The van der Waals surface area contributed by atoms with Crippen LogP contribution in [0, 0.1) is 16.1 Å². The van der Waals surface area contributed by atoms with E-state index < -0.39 is 40.4 Å². The summed E-state index contributed by atoms with van der Waals surface area (Å²) in [6, 6.07) is -0.171. The van der Waals surface area contributed by atoms with E-state index in [2.05, 4.69) is 4.98 Å². The topological polar surface area (TPSA) is 56.0 Å². The van der Waals surface area contributed by atoms with Gasteiger partial charge >= 0.3 is 11.9 Å². The van der Waals surface area contributed by atoms with E-state index in [1.54, 1.807) is 0 Å². The van der Waals surface area contributed by atoms with Crippen molar-refractivity contribution >= 4 is 5.69 Å². The monoisotopic (exact) mass is 260 g/mol. The average Bonchev–Trinajstić information content (AvgIpc) is 2.14. The molecule has 1 rings (SSSR count). The molecule has 1 heterocycles. The molecule has 0 saturated carbocycles. The van der Waals surface area contributed by atoms with E-state index in [4.69, 9.17) is 0 Å². The molecule has 0 unspecified atom stereocenters. The molecule has 0 aliphatic heterocycles. The van der Waals surface area contributed by atoms with Crippen molar-refractivity contribution in [3.8, 4) is 0 Å². The Morgan fingerprint density at radius 3 is 2.24 bits per heavy atom. The molecule has 1 aromatic rings. The minimum Gasteiger partial charge on any atom is -0.258 e. The van der Waals surface area contributed by atoms with Crippen LogP contribution in [0.3, 0.4) is 0 Å². The molecule has 10 heteroatoms. The zero-order valence-electron chi connectivity index (χ0n) is 7.63. The summed E-state index contributed by atoms with van der Waals surface area (Å²) in [6.45, 7) is 0. The molecule has 94 valence electrons. The zero-order valence-corrected chi connectivity index (χ0v) is 7.63. The Hall–Kier alpha value is -1.87. The van der Waals surface area contributed by atoms with Gasteiger partial charge in [0.15, 0.2) is 5.69 Å². The van der Waals surface area contributed by atoms with Gasteiger partial charge in [-0.15, -0.1) is 0 Å². The zero-order chi connectivity index (χ0) is 13.4. The molecule has 17 heavy (non-hydrogen) atoms. The molecule has 0 atom stereocenters. The highest BCUT2D eigenvalue weighted by molar-refractivity contribution is 5.37. The van der Waals surface area contributed by atoms with E-state index in [1.165, 1.54) is 0 Å². The molecule has 0 aliphatic carbocycles. The van der Waals surface area contributed by atoms with Crippen molar-refractivity contribution in [1.82, 2.24) is 4.98 Å². The van der Waals surface area contributed by atoms with Crippen LogP contribution in [0.25, 0.3) is 0 Å². The highest BCUT2D eigenvalue weighted by atomic mass is 19.4. The van der Waals surface area contributed by atoms with Gasteiger partial charge in [0.1, 0.15) is 0 Å². The Morgan fingerprint density at radius 2 is 1.88 bits per heavy atom. The van der Waals surface area contributed by atoms with Gasteiger partial charge in [0.2, 0.25) is 0 Å². The van der Waals surface area contributed by atoms with Crippen molar-refractivity contribution in [2.24, 2.45) is 0 Å². The Balaban J connectivity index is 3.53. The third-order valence-corrected chi connectivity index (χ3v) is 1.69. The van der Waals surface area contributed by atoms with Crippen LogP contribution in [0.15, 0.2) is 6.07 Å². The molecule has 0 spiro atoms. The number of nitro groups is 1. The van der Waals surface area contributed by atoms with Crippen LogP contribution in [0.4, 0.5) is 32.0 Å². The van der Waals surface area contributed by atoms with Crippen molar-refractivity contribution in [2.45, 2.75) is 12.6 Å². The predicted octanol–water partition coefficient (Wildman–Crippen LogP) is 3.09. The number of aromatic nitrogens is 1. The summed E-state index contributed by atoms with van der Waals surface area (Å²) < 4.78 is 73.8. The molecule has 0 bridgehead atoms. The Morgan fingerprint density at radius 1 is 1.35 bits per heavy atom. The van der Waals surface area contributed by atoms with E-state index in [-0.39, 0.29) is 6.07 Å². The van der Waals surface area contributed by atoms with E-state index >= 15 is 0 Å². The van der Waals surface area contributed by atoms with Crippen LogP contribution < -0.4 is 0 Å². The number of rotatable bonds is 2. The SMILES string of the molecule is O=[N+]([O-])c1cc(C(F)F)c(C(F)(F)F)nc1F. The van der Waals surface area contributed by atoms with Crippen LogP contribution >= 0.6 is 0 Å². The first-order valence-electron chi connectivity index (χ1n) is 3.84. The second-order valence-corrected chi connectivity index (χ2v) is 2.79. The Bertz CT molecular complexity index is 458. The van der Waals surface area contributed by atoms with E-state index in [9.17, 15) is 36.5 Å². The number of nitrogens with zero attached hydrogens (tertiary/aromatic N) is 2. The molecule has 4 nitrogen and oxygen atoms in total. The first kappa shape index (κ1) is 13.2. The fourth-order valence-electron chi connectivity index (χ4n) is 1.02. The van der Waals surface area contributed by atoms with Crippen LogP contribution in [0.1, 0.15) is 17.7 Å². The van der Waals surface area contributed by atoms with Gasteiger partial charge in [0, 0.05) is 6.07 Å². The lowest BCUT2D eigenvalue weighted by atomic mass is 10.2. The second kappa shape index (κ2) is 4.18. The quantitative estimate of drug-likeness (QED) is 0.355. The molecule has 0 N–H and O–H groups in total. The third kappa shape index (κ3) is 2.63.